The summed E-state index contributed by atoms with van der Waals surface area (Å²) in [6.45, 7) is 1.88. The minimum atomic E-state index is -0.807. The Hall–Kier alpha value is -3.72. The van der Waals surface area contributed by atoms with E-state index >= 15 is 0 Å². The number of benzene rings is 2. The number of para-hydroxylation sites is 1. The summed E-state index contributed by atoms with van der Waals surface area (Å²) in [7, 11) is 0. The summed E-state index contributed by atoms with van der Waals surface area (Å²) in [5, 5.41) is 4.08. The predicted octanol–water partition coefficient (Wildman–Crippen LogP) is 3.30. The maximum Gasteiger partial charge on any atom is 0.245 e. The SMILES string of the molecule is NC(=O)C1CCCCN1[C@@H](Cc1c[nH]c2ccccc12)C(=O)N[C@@H](Cc1ccc(F)cc1)C(=O)N1CCCCC1. The highest BCUT2D eigenvalue weighted by atomic mass is 19.1. The van der Waals surface area contributed by atoms with E-state index in [0.717, 1.165) is 54.1 Å². The number of H-pyrrole nitrogens is 1. The molecule has 0 spiro atoms. The molecule has 0 radical (unpaired) electrons. The second-order valence-corrected chi connectivity index (χ2v) is 11.0. The molecular formula is C31H38FN5O3. The van der Waals surface area contributed by atoms with Gasteiger partial charge >= 0.3 is 0 Å². The molecule has 3 atom stereocenters. The Kier molecular flexibility index (Phi) is 8.79. The molecule has 1 unspecified atom stereocenters. The molecule has 212 valence electrons. The molecule has 5 rings (SSSR count). The number of aromatic amines is 1. The standard InChI is InChI=1S/C31H38FN5O3/c32-23-13-11-21(12-14-23)18-26(31(40)36-15-5-1-6-16-36)35-30(39)28(37-17-7-4-10-27(37)29(33)38)19-22-20-34-25-9-3-2-8-24(22)25/h2-3,8-9,11-14,20,26-28,34H,1,4-7,10,15-19H2,(H2,33,38)(H,35,39)/t26-,27?,28-/m0/s1. The normalized spacial score (nSPS) is 19.7. The number of piperidine rings is 2. The second kappa shape index (κ2) is 12.6. The first-order chi connectivity index (χ1) is 19.4. The van der Waals surface area contributed by atoms with E-state index in [1.807, 2.05) is 40.3 Å². The molecule has 3 amide bonds. The van der Waals surface area contributed by atoms with Crippen molar-refractivity contribution in [3.05, 3.63) is 71.7 Å². The van der Waals surface area contributed by atoms with E-state index in [1.165, 1.54) is 12.1 Å². The lowest BCUT2D eigenvalue weighted by atomic mass is 9.94. The van der Waals surface area contributed by atoms with Crippen molar-refractivity contribution in [3.63, 3.8) is 0 Å². The molecule has 0 saturated carbocycles. The topological polar surface area (TPSA) is 112 Å². The number of likely N-dealkylation sites (tertiary alicyclic amines) is 2. The highest BCUT2D eigenvalue weighted by Gasteiger charge is 2.38. The number of hydrogen-bond acceptors (Lipinski definition) is 4. The fraction of sp³-hybridized carbons (Fsp3) is 0.452. The zero-order valence-electron chi connectivity index (χ0n) is 22.8. The lowest BCUT2D eigenvalue weighted by molar-refractivity contribution is -0.140. The van der Waals surface area contributed by atoms with Gasteiger partial charge in [-0.25, -0.2) is 4.39 Å². The van der Waals surface area contributed by atoms with Crippen LogP contribution in [0.3, 0.4) is 0 Å². The van der Waals surface area contributed by atoms with Crippen LogP contribution in [0.1, 0.15) is 49.7 Å². The Morgan fingerprint density at radius 3 is 2.42 bits per heavy atom. The summed E-state index contributed by atoms with van der Waals surface area (Å²) >= 11 is 0. The highest BCUT2D eigenvalue weighted by molar-refractivity contribution is 5.92. The van der Waals surface area contributed by atoms with Gasteiger partial charge in [0.2, 0.25) is 17.7 Å². The van der Waals surface area contributed by atoms with Crippen LogP contribution in [-0.2, 0) is 27.2 Å². The molecule has 3 heterocycles. The number of nitrogens with one attached hydrogen (secondary N) is 2. The van der Waals surface area contributed by atoms with Crippen molar-refractivity contribution < 1.29 is 18.8 Å². The first-order valence-corrected chi connectivity index (χ1v) is 14.3. The van der Waals surface area contributed by atoms with Gasteiger partial charge in [0.25, 0.3) is 0 Å². The number of hydrogen-bond donors (Lipinski definition) is 3. The van der Waals surface area contributed by atoms with Crippen molar-refractivity contribution >= 4 is 28.6 Å². The molecule has 8 nitrogen and oxygen atoms in total. The Morgan fingerprint density at radius 1 is 0.950 bits per heavy atom. The molecule has 3 aromatic rings. The summed E-state index contributed by atoms with van der Waals surface area (Å²) < 4.78 is 13.6. The summed E-state index contributed by atoms with van der Waals surface area (Å²) in [5.74, 6) is -1.24. The smallest absolute Gasteiger partial charge is 0.245 e. The zero-order valence-corrected chi connectivity index (χ0v) is 22.8. The van der Waals surface area contributed by atoms with Gasteiger partial charge in [-0.15, -0.1) is 0 Å². The Bertz CT molecular complexity index is 1330. The van der Waals surface area contributed by atoms with Gasteiger partial charge in [0.1, 0.15) is 11.9 Å². The second-order valence-electron chi connectivity index (χ2n) is 11.0. The number of carbonyl (C=O) groups is 3. The first-order valence-electron chi connectivity index (χ1n) is 14.3. The van der Waals surface area contributed by atoms with Gasteiger partial charge in [-0.3, -0.25) is 19.3 Å². The highest BCUT2D eigenvalue weighted by Crippen LogP contribution is 2.26. The Balaban J connectivity index is 1.45. The van der Waals surface area contributed by atoms with Crippen molar-refractivity contribution in [2.75, 3.05) is 19.6 Å². The van der Waals surface area contributed by atoms with Crippen LogP contribution in [0.25, 0.3) is 10.9 Å². The summed E-state index contributed by atoms with van der Waals surface area (Å²) in [6, 6.07) is 11.9. The third-order valence-electron chi connectivity index (χ3n) is 8.30. The average molecular weight is 548 g/mol. The maximum atomic E-state index is 14.2. The van der Waals surface area contributed by atoms with Gasteiger partial charge in [-0.05, 0) is 74.4 Å². The summed E-state index contributed by atoms with van der Waals surface area (Å²) in [5.41, 5.74) is 8.50. The number of rotatable bonds is 9. The van der Waals surface area contributed by atoms with Crippen LogP contribution in [0.4, 0.5) is 4.39 Å². The van der Waals surface area contributed by atoms with Crippen molar-refractivity contribution in [3.8, 4) is 0 Å². The molecular weight excluding hydrogens is 509 g/mol. The Labute approximate surface area is 234 Å². The van der Waals surface area contributed by atoms with Crippen LogP contribution >= 0.6 is 0 Å². The van der Waals surface area contributed by atoms with E-state index in [1.54, 1.807) is 12.1 Å². The summed E-state index contributed by atoms with van der Waals surface area (Å²) in [4.78, 5) is 47.4. The van der Waals surface area contributed by atoms with Crippen molar-refractivity contribution in [1.82, 2.24) is 20.1 Å². The van der Waals surface area contributed by atoms with Gasteiger partial charge in [-0.1, -0.05) is 36.8 Å². The number of carbonyl (C=O) groups excluding carboxylic acids is 3. The number of fused-ring (bicyclic) bond motifs is 1. The Morgan fingerprint density at radius 2 is 1.68 bits per heavy atom. The van der Waals surface area contributed by atoms with Crippen LogP contribution in [-0.4, -0.2) is 70.3 Å². The average Bonchev–Trinajstić information content (AvgIpc) is 3.39. The third-order valence-corrected chi connectivity index (χ3v) is 8.30. The minimum Gasteiger partial charge on any atom is -0.368 e. The number of primary amides is 1. The van der Waals surface area contributed by atoms with E-state index in [9.17, 15) is 18.8 Å². The van der Waals surface area contributed by atoms with Gasteiger partial charge in [-0.2, -0.15) is 0 Å². The third kappa shape index (κ3) is 6.36. The molecule has 2 fully saturated rings. The summed E-state index contributed by atoms with van der Waals surface area (Å²) in [6.07, 6.45) is 7.78. The number of nitrogens with two attached hydrogens (primary N) is 1. The monoisotopic (exact) mass is 547 g/mol. The molecule has 2 aromatic carbocycles. The molecule has 1 aromatic heterocycles. The molecule has 40 heavy (non-hydrogen) atoms. The maximum absolute atomic E-state index is 14.2. The van der Waals surface area contributed by atoms with E-state index in [0.29, 0.717) is 32.5 Å². The molecule has 2 aliphatic rings. The number of halogens is 1. The lowest BCUT2D eigenvalue weighted by Crippen LogP contribution is -2.60. The van der Waals surface area contributed by atoms with Crippen LogP contribution < -0.4 is 11.1 Å². The fourth-order valence-electron chi connectivity index (χ4n) is 6.16. The zero-order chi connectivity index (χ0) is 28.1. The van der Waals surface area contributed by atoms with E-state index < -0.39 is 24.0 Å². The minimum absolute atomic E-state index is 0.131. The van der Waals surface area contributed by atoms with Gasteiger partial charge in [0.15, 0.2) is 0 Å². The molecule has 2 aliphatic heterocycles. The molecule has 9 heteroatoms. The predicted molar refractivity (Wildman–Crippen MR) is 152 cm³/mol. The van der Waals surface area contributed by atoms with E-state index in [-0.39, 0.29) is 24.1 Å². The molecule has 4 N–H and O–H groups in total. The van der Waals surface area contributed by atoms with Crippen LogP contribution in [0.5, 0.6) is 0 Å². The van der Waals surface area contributed by atoms with Gasteiger partial charge in [0.05, 0.1) is 12.1 Å². The number of aromatic nitrogens is 1. The molecule has 0 aliphatic carbocycles. The molecule has 0 bridgehead atoms. The lowest BCUT2D eigenvalue weighted by Gasteiger charge is -2.39. The van der Waals surface area contributed by atoms with Crippen LogP contribution in [0, 0.1) is 5.82 Å². The number of amides is 3. The fourth-order valence-corrected chi connectivity index (χ4v) is 6.16. The number of nitrogens with zero attached hydrogens (tertiary/aromatic N) is 2. The van der Waals surface area contributed by atoms with E-state index in [4.69, 9.17) is 5.73 Å². The van der Waals surface area contributed by atoms with Crippen molar-refractivity contribution in [2.45, 2.75) is 69.5 Å². The van der Waals surface area contributed by atoms with Gasteiger partial charge in [0, 0.05) is 36.6 Å². The van der Waals surface area contributed by atoms with Crippen molar-refractivity contribution in [2.24, 2.45) is 5.73 Å². The van der Waals surface area contributed by atoms with E-state index in [2.05, 4.69) is 10.3 Å². The van der Waals surface area contributed by atoms with Crippen LogP contribution in [0.2, 0.25) is 0 Å². The quantitative estimate of drug-likeness (QED) is 0.382. The van der Waals surface area contributed by atoms with Crippen molar-refractivity contribution in [1.29, 1.82) is 0 Å². The largest absolute Gasteiger partial charge is 0.368 e. The van der Waals surface area contributed by atoms with Crippen LogP contribution in [0.15, 0.2) is 54.7 Å². The molecule has 2 saturated heterocycles. The van der Waals surface area contributed by atoms with Gasteiger partial charge < -0.3 is 20.9 Å². The first kappa shape index (κ1) is 27.8.